The molecule has 2 aromatic rings. The Bertz CT molecular complexity index is 641. The van der Waals surface area contributed by atoms with E-state index in [4.69, 9.17) is 11.5 Å². The summed E-state index contributed by atoms with van der Waals surface area (Å²) in [5.74, 6) is 0.400. The third kappa shape index (κ3) is 3.00. The minimum Gasteiger partial charge on any atom is -0.382 e. The van der Waals surface area contributed by atoms with Crippen molar-refractivity contribution in [2.45, 2.75) is 19.8 Å². The van der Waals surface area contributed by atoms with Crippen LogP contribution in [0.2, 0.25) is 0 Å². The Balaban J connectivity index is 2.36. The van der Waals surface area contributed by atoms with Crippen molar-refractivity contribution in [1.82, 2.24) is 15.2 Å². The highest BCUT2D eigenvalue weighted by molar-refractivity contribution is 5.97. The van der Waals surface area contributed by atoms with Crippen molar-refractivity contribution in [2.75, 3.05) is 11.1 Å². The lowest BCUT2D eigenvalue weighted by atomic mass is 10.1. The van der Waals surface area contributed by atoms with Gasteiger partial charge < -0.3 is 16.8 Å². The van der Waals surface area contributed by atoms with E-state index >= 15 is 0 Å². The van der Waals surface area contributed by atoms with Crippen molar-refractivity contribution in [3.05, 3.63) is 35.7 Å². The number of hydrogen-bond donors (Lipinski definition) is 3. The number of primary amides is 1. The Kier molecular flexibility index (Phi) is 3.79. The van der Waals surface area contributed by atoms with Crippen molar-refractivity contribution in [3.63, 3.8) is 0 Å². The fourth-order valence-corrected chi connectivity index (χ4v) is 1.66. The molecule has 7 nitrogen and oxygen atoms in total. The molecule has 0 spiro atoms. The summed E-state index contributed by atoms with van der Waals surface area (Å²) < 4.78 is 0. The van der Waals surface area contributed by atoms with E-state index in [9.17, 15) is 4.79 Å². The summed E-state index contributed by atoms with van der Waals surface area (Å²) in [6, 6.07) is 7.10. The van der Waals surface area contributed by atoms with Gasteiger partial charge in [0.15, 0.2) is 5.69 Å². The number of nitrogens with zero attached hydrogens (tertiary/aromatic N) is 3. The van der Waals surface area contributed by atoms with Gasteiger partial charge >= 0.3 is 0 Å². The SMILES string of the molecule is CC(C)c1cccc(Nc2cc(N)nnc2C(N)=O)n1. The van der Waals surface area contributed by atoms with Crippen molar-refractivity contribution in [1.29, 1.82) is 0 Å². The van der Waals surface area contributed by atoms with Crippen molar-refractivity contribution in [3.8, 4) is 0 Å². The molecule has 2 rings (SSSR count). The summed E-state index contributed by atoms with van der Waals surface area (Å²) in [7, 11) is 0. The highest BCUT2D eigenvalue weighted by Crippen LogP contribution is 2.21. The van der Waals surface area contributed by atoms with Gasteiger partial charge in [0.25, 0.3) is 5.91 Å². The molecule has 0 aromatic carbocycles. The van der Waals surface area contributed by atoms with Gasteiger partial charge in [0, 0.05) is 11.8 Å². The highest BCUT2D eigenvalue weighted by atomic mass is 16.1. The number of rotatable bonds is 4. The maximum absolute atomic E-state index is 11.3. The van der Waals surface area contributed by atoms with E-state index in [0.717, 1.165) is 5.69 Å². The predicted octanol–water partition coefficient (Wildman–Crippen LogP) is 1.42. The van der Waals surface area contributed by atoms with Gasteiger partial charge in [-0.15, -0.1) is 10.2 Å². The van der Waals surface area contributed by atoms with Gasteiger partial charge in [-0.3, -0.25) is 4.79 Å². The summed E-state index contributed by atoms with van der Waals surface area (Å²) in [5, 5.41) is 10.3. The summed E-state index contributed by atoms with van der Waals surface area (Å²) in [5.41, 5.74) is 12.2. The second-order valence-electron chi connectivity index (χ2n) is 4.62. The van der Waals surface area contributed by atoms with Gasteiger partial charge in [-0.2, -0.15) is 0 Å². The summed E-state index contributed by atoms with van der Waals surface area (Å²) >= 11 is 0. The van der Waals surface area contributed by atoms with Gasteiger partial charge in [-0.25, -0.2) is 4.98 Å². The molecule has 20 heavy (non-hydrogen) atoms. The van der Waals surface area contributed by atoms with Crippen molar-refractivity contribution < 1.29 is 4.79 Å². The monoisotopic (exact) mass is 272 g/mol. The molecule has 5 N–H and O–H groups in total. The summed E-state index contributed by atoms with van der Waals surface area (Å²) in [6.07, 6.45) is 0. The maximum Gasteiger partial charge on any atom is 0.271 e. The lowest BCUT2D eigenvalue weighted by Crippen LogP contribution is -2.17. The molecule has 0 aliphatic carbocycles. The molecule has 7 heteroatoms. The van der Waals surface area contributed by atoms with E-state index in [1.54, 1.807) is 6.07 Å². The van der Waals surface area contributed by atoms with Crippen LogP contribution in [0.4, 0.5) is 17.3 Å². The molecule has 0 aliphatic heterocycles. The number of aromatic nitrogens is 3. The fourth-order valence-electron chi connectivity index (χ4n) is 1.66. The lowest BCUT2D eigenvalue weighted by Gasteiger charge is -2.11. The van der Waals surface area contributed by atoms with Crippen LogP contribution in [0.25, 0.3) is 0 Å². The number of amides is 1. The lowest BCUT2D eigenvalue weighted by molar-refractivity contribution is 0.0995. The van der Waals surface area contributed by atoms with Gasteiger partial charge in [0.05, 0.1) is 5.69 Å². The Hall–Kier alpha value is -2.70. The van der Waals surface area contributed by atoms with Gasteiger partial charge in [-0.1, -0.05) is 19.9 Å². The van der Waals surface area contributed by atoms with Crippen molar-refractivity contribution in [2.24, 2.45) is 5.73 Å². The van der Waals surface area contributed by atoms with Crippen LogP contribution in [0.3, 0.4) is 0 Å². The molecule has 0 fully saturated rings. The first-order valence-electron chi connectivity index (χ1n) is 6.14. The van der Waals surface area contributed by atoms with E-state index in [2.05, 4.69) is 20.5 Å². The number of pyridine rings is 1. The standard InChI is InChI=1S/C13H16N6O/c1-7(2)8-4-3-5-11(16-8)17-9-6-10(14)18-19-12(9)13(15)20/h3-7H,1-2H3,(H2,15,20)(H3,14,16,17,18). The largest absolute Gasteiger partial charge is 0.382 e. The third-order valence-electron chi connectivity index (χ3n) is 2.67. The molecule has 2 heterocycles. The van der Waals surface area contributed by atoms with Gasteiger partial charge in [-0.05, 0) is 18.1 Å². The number of anilines is 3. The molecule has 0 saturated heterocycles. The van der Waals surface area contributed by atoms with E-state index < -0.39 is 5.91 Å². The number of hydrogen-bond acceptors (Lipinski definition) is 6. The first kappa shape index (κ1) is 13.7. The Labute approximate surface area is 116 Å². The molecular weight excluding hydrogens is 256 g/mol. The predicted molar refractivity (Wildman–Crippen MR) is 76.6 cm³/mol. The van der Waals surface area contributed by atoms with Crippen LogP contribution in [0.15, 0.2) is 24.3 Å². The zero-order chi connectivity index (χ0) is 14.7. The molecule has 0 atom stereocenters. The topological polar surface area (TPSA) is 120 Å². The normalized spacial score (nSPS) is 10.6. The first-order chi connectivity index (χ1) is 9.47. The molecule has 0 radical (unpaired) electrons. The molecular formula is C13H16N6O. The number of nitrogen functional groups attached to an aromatic ring is 1. The molecule has 0 aliphatic rings. The average Bonchev–Trinajstić information content (AvgIpc) is 2.38. The van der Waals surface area contributed by atoms with Crippen LogP contribution in [-0.2, 0) is 0 Å². The molecule has 104 valence electrons. The van der Waals surface area contributed by atoms with Crippen LogP contribution in [-0.4, -0.2) is 21.1 Å². The molecule has 1 amide bonds. The van der Waals surface area contributed by atoms with Crippen LogP contribution < -0.4 is 16.8 Å². The Morgan fingerprint density at radius 2 is 2.05 bits per heavy atom. The molecule has 0 unspecified atom stereocenters. The third-order valence-corrected chi connectivity index (χ3v) is 2.67. The minimum absolute atomic E-state index is 0.0240. The molecule has 0 saturated carbocycles. The Morgan fingerprint density at radius 1 is 1.30 bits per heavy atom. The number of carbonyl (C=O) groups is 1. The quantitative estimate of drug-likeness (QED) is 0.774. The fraction of sp³-hybridized carbons (Fsp3) is 0.231. The number of carbonyl (C=O) groups excluding carboxylic acids is 1. The smallest absolute Gasteiger partial charge is 0.271 e. The first-order valence-corrected chi connectivity index (χ1v) is 6.14. The summed E-state index contributed by atoms with van der Waals surface area (Å²) in [4.78, 5) is 15.8. The Morgan fingerprint density at radius 3 is 2.70 bits per heavy atom. The van der Waals surface area contributed by atoms with Crippen molar-refractivity contribution >= 4 is 23.2 Å². The average molecular weight is 272 g/mol. The number of nitrogens with one attached hydrogen (secondary N) is 1. The minimum atomic E-state index is -0.681. The van der Waals surface area contributed by atoms with Crippen LogP contribution >= 0.6 is 0 Å². The second-order valence-corrected chi connectivity index (χ2v) is 4.62. The van der Waals surface area contributed by atoms with Crippen LogP contribution in [0.1, 0.15) is 35.9 Å². The highest BCUT2D eigenvalue weighted by Gasteiger charge is 2.12. The summed E-state index contributed by atoms with van der Waals surface area (Å²) in [6.45, 7) is 4.10. The van der Waals surface area contributed by atoms with E-state index in [-0.39, 0.29) is 11.5 Å². The number of nitrogens with two attached hydrogens (primary N) is 2. The zero-order valence-electron chi connectivity index (χ0n) is 11.3. The molecule has 0 bridgehead atoms. The maximum atomic E-state index is 11.3. The van der Waals surface area contributed by atoms with Crippen LogP contribution in [0.5, 0.6) is 0 Å². The van der Waals surface area contributed by atoms with Gasteiger partial charge in [0.2, 0.25) is 0 Å². The van der Waals surface area contributed by atoms with E-state index in [1.165, 1.54) is 6.07 Å². The molecule has 2 aromatic heterocycles. The van der Waals surface area contributed by atoms with Gasteiger partial charge in [0.1, 0.15) is 11.6 Å². The second kappa shape index (κ2) is 5.52. The van der Waals surface area contributed by atoms with E-state index in [0.29, 0.717) is 17.4 Å². The van der Waals surface area contributed by atoms with E-state index in [1.807, 2.05) is 26.0 Å². The zero-order valence-corrected chi connectivity index (χ0v) is 11.3. The van der Waals surface area contributed by atoms with Crippen LogP contribution in [0, 0.1) is 0 Å².